The largest absolute Gasteiger partial charge is 0.498 e. The van der Waals surface area contributed by atoms with E-state index in [1.807, 2.05) is 18.2 Å². The second kappa shape index (κ2) is 43.9. The highest BCUT2D eigenvalue weighted by molar-refractivity contribution is 7.47. The van der Waals surface area contributed by atoms with Gasteiger partial charge in [-0.25, -0.2) is 4.57 Å². The van der Waals surface area contributed by atoms with Crippen molar-refractivity contribution in [3.63, 3.8) is 0 Å². The van der Waals surface area contributed by atoms with Gasteiger partial charge in [0.2, 0.25) is 0 Å². The topological polar surface area (TPSA) is 117 Å². The fourth-order valence-electron chi connectivity index (χ4n) is 5.90. The zero-order chi connectivity index (χ0) is 40.9. The predicted octanol–water partition coefficient (Wildman–Crippen LogP) is 13.9. The smallest absolute Gasteiger partial charge is 0.472 e. The molecule has 9 heteroatoms. The van der Waals surface area contributed by atoms with E-state index in [0.717, 1.165) is 32.1 Å². The van der Waals surface area contributed by atoms with Crippen LogP contribution in [0.1, 0.15) is 187 Å². The monoisotopic (exact) mass is 806 g/mol. The van der Waals surface area contributed by atoms with Crippen LogP contribution in [0.5, 0.6) is 0 Å². The molecule has 0 heterocycles. The Morgan fingerprint density at radius 2 is 0.964 bits per heavy atom. The number of nitrogens with two attached hydrogens (primary N) is 1. The van der Waals surface area contributed by atoms with E-state index in [9.17, 15) is 14.3 Å². The summed E-state index contributed by atoms with van der Waals surface area (Å²) in [5.41, 5.74) is 5.36. The maximum Gasteiger partial charge on any atom is 0.472 e. The van der Waals surface area contributed by atoms with Crippen LogP contribution in [0.4, 0.5) is 0 Å². The second-order valence-electron chi connectivity index (χ2n) is 14.6. The molecule has 0 aromatic carbocycles. The SMILES string of the molecule is CCCCCCCCCCC=CCC=CCC=CCC=CCCC(=O)OC(COC=CCC=CCCCCCCCCCCCCC)COP(=O)(O)OCCN. The molecule has 3 N–H and O–H groups in total. The Hall–Kier alpha value is -2.22. The fraction of sp³-hybridized carbons (Fsp3) is 0.723. The lowest BCUT2D eigenvalue weighted by molar-refractivity contribution is -0.153. The number of unbranched alkanes of at least 4 members (excludes halogenated alkanes) is 19. The highest BCUT2D eigenvalue weighted by atomic mass is 31.2. The predicted molar refractivity (Wildman–Crippen MR) is 237 cm³/mol. The van der Waals surface area contributed by atoms with E-state index < -0.39 is 19.9 Å². The van der Waals surface area contributed by atoms with Gasteiger partial charge in [-0.05, 0) is 63.9 Å². The number of allylic oxidation sites excluding steroid dienone is 11. The first kappa shape index (κ1) is 53.8. The normalized spacial score (nSPS) is 14.1. The first-order chi connectivity index (χ1) is 27.4. The summed E-state index contributed by atoms with van der Waals surface area (Å²) in [4.78, 5) is 22.4. The van der Waals surface area contributed by atoms with Gasteiger partial charge in [-0.1, -0.05) is 184 Å². The average molecular weight is 806 g/mol. The number of carbonyl (C=O) groups is 1. The Balaban J connectivity index is 4.24. The van der Waals surface area contributed by atoms with Crippen molar-refractivity contribution in [2.75, 3.05) is 26.4 Å². The van der Waals surface area contributed by atoms with Crippen LogP contribution in [-0.2, 0) is 27.9 Å². The van der Waals surface area contributed by atoms with Crippen LogP contribution in [0, 0.1) is 0 Å². The van der Waals surface area contributed by atoms with Crippen molar-refractivity contribution in [2.24, 2.45) is 5.73 Å². The third kappa shape index (κ3) is 42.9. The first-order valence-corrected chi connectivity index (χ1v) is 24.0. The van der Waals surface area contributed by atoms with E-state index in [-0.39, 0.29) is 32.8 Å². The second-order valence-corrected chi connectivity index (χ2v) is 16.1. The minimum Gasteiger partial charge on any atom is -0.498 e. The molecule has 0 saturated carbocycles. The summed E-state index contributed by atoms with van der Waals surface area (Å²) in [7, 11) is -4.32. The zero-order valence-corrected chi connectivity index (χ0v) is 36.7. The maximum absolute atomic E-state index is 12.5. The first-order valence-electron chi connectivity index (χ1n) is 22.5. The van der Waals surface area contributed by atoms with Crippen molar-refractivity contribution in [1.82, 2.24) is 0 Å². The van der Waals surface area contributed by atoms with Crippen LogP contribution in [0.15, 0.2) is 73.1 Å². The van der Waals surface area contributed by atoms with Crippen molar-refractivity contribution in [2.45, 2.75) is 193 Å². The lowest BCUT2D eigenvalue weighted by Gasteiger charge is -2.19. The molecule has 0 fully saturated rings. The van der Waals surface area contributed by atoms with Crippen LogP contribution in [-0.4, -0.2) is 43.3 Å². The molecular weight excluding hydrogens is 721 g/mol. The van der Waals surface area contributed by atoms with Gasteiger partial charge in [0.15, 0.2) is 6.10 Å². The van der Waals surface area contributed by atoms with Gasteiger partial charge in [0, 0.05) is 13.0 Å². The van der Waals surface area contributed by atoms with E-state index >= 15 is 0 Å². The molecule has 0 amide bonds. The number of esters is 1. The number of phosphoric ester groups is 1. The molecule has 0 aliphatic rings. The standard InChI is InChI=1S/C47H84NO7P/c1-3-5-7-9-11-13-15-17-19-21-22-23-24-25-26-28-30-32-34-36-38-40-47(49)55-46(45-54-56(50,51)53-43-41-48)44-52-42-39-37-35-33-31-29-27-20-18-16-14-12-10-8-6-4-2/h21-22,24-25,28,30,33-36,39,42,46H,3-20,23,26-27,29,31-32,37-38,40-41,43-45,48H2,1-2H3,(H,50,51). The maximum atomic E-state index is 12.5. The molecule has 0 aromatic rings. The van der Waals surface area contributed by atoms with Crippen molar-refractivity contribution in [3.05, 3.63) is 73.1 Å². The van der Waals surface area contributed by atoms with E-state index in [2.05, 4.69) is 62.5 Å². The quantitative estimate of drug-likeness (QED) is 0.0206. The van der Waals surface area contributed by atoms with Crippen molar-refractivity contribution >= 4 is 13.8 Å². The highest BCUT2D eigenvalue weighted by Gasteiger charge is 2.25. The molecule has 2 unspecified atom stereocenters. The molecule has 0 radical (unpaired) electrons. The van der Waals surface area contributed by atoms with Gasteiger partial charge < -0.3 is 20.1 Å². The molecule has 0 saturated heterocycles. The lowest BCUT2D eigenvalue weighted by atomic mass is 10.1. The number of ether oxygens (including phenoxy) is 2. The Morgan fingerprint density at radius 3 is 1.43 bits per heavy atom. The molecule has 0 spiro atoms. The van der Waals surface area contributed by atoms with Gasteiger partial charge in [-0.2, -0.15) is 0 Å². The van der Waals surface area contributed by atoms with Gasteiger partial charge in [-0.15, -0.1) is 0 Å². The molecular formula is C47H84NO7P. The fourth-order valence-corrected chi connectivity index (χ4v) is 6.66. The van der Waals surface area contributed by atoms with Gasteiger partial charge in [0.1, 0.15) is 6.61 Å². The van der Waals surface area contributed by atoms with Gasteiger partial charge in [0.25, 0.3) is 0 Å². The summed E-state index contributed by atoms with van der Waals surface area (Å²) in [5.74, 6) is -0.440. The van der Waals surface area contributed by atoms with Crippen molar-refractivity contribution in [3.8, 4) is 0 Å². The van der Waals surface area contributed by atoms with Crippen LogP contribution in [0.3, 0.4) is 0 Å². The molecule has 0 bridgehead atoms. The highest BCUT2D eigenvalue weighted by Crippen LogP contribution is 2.43. The zero-order valence-electron chi connectivity index (χ0n) is 35.8. The van der Waals surface area contributed by atoms with Crippen molar-refractivity contribution in [1.29, 1.82) is 0 Å². The van der Waals surface area contributed by atoms with Gasteiger partial charge >= 0.3 is 13.8 Å². The molecule has 324 valence electrons. The van der Waals surface area contributed by atoms with E-state index in [1.165, 1.54) is 128 Å². The minimum absolute atomic E-state index is 0.0216. The molecule has 56 heavy (non-hydrogen) atoms. The molecule has 2 atom stereocenters. The molecule has 0 rings (SSSR count). The summed E-state index contributed by atoms with van der Waals surface area (Å²) in [6, 6.07) is 0. The number of rotatable bonds is 42. The van der Waals surface area contributed by atoms with E-state index in [0.29, 0.717) is 6.42 Å². The summed E-state index contributed by atoms with van der Waals surface area (Å²) in [6.45, 7) is 4.11. The van der Waals surface area contributed by atoms with Crippen LogP contribution >= 0.6 is 7.82 Å². The lowest BCUT2D eigenvalue weighted by Crippen LogP contribution is -2.27. The Morgan fingerprint density at radius 1 is 0.554 bits per heavy atom. The Bertz CT molecular complexity index is 1080. The van der Waals surface area contributed by atoms with E-state index in [4.69, 9.17) is 24.3 Å². The molecule has 0 aliphatic heterocycles. The molecule has 0 aliphatic carbocycles. The van der Waals surface area contributed by atoms with Crippen LogP contribution < -0.4 is 5.73 Å². The third-order valence-electron chi connectivity index (χ3n) is 9.20. The summed E-state index contributed by atoms with van der Waals surface area (Å²) in [5, 5.41) is 0. The van der Waals surface area contributed by atoms with Crippen molar-refractivity contribution < 1.29 is 32.8 Å². The van der Waals surface area contributed by atoms with E-state index in [1.54, 1.807) is 6.26 Å². The number of hydrogen-bond acceptors (Lipinski definition) is 7. The minimum atomic E-state index is -4.32. The van der Waals surface area contributed by atoms with Gasteiger partial charge in [-0.3, -0.25) is 13.8 Å². The Kier molecular flexibility index (Phi) is 42.2. The summed E-state index contributed by atoms with van der Waals surface area (Å²) in [6.07, 6.45) is 56.1. The Labute approximate surface area is 344 Å². The van der Waals surface area contributed by atoms with Gasteiger partial charge in [0.05, 0.1) is 19.5 Å². The average Bonchev–Trinajstić information content (AvgIpc) is 3.19. The van der Waals surface area contributed by atoms with Crippen LogP contribution in [0.2, 0.25) is 0 Å². The summed E-state index contributed by atoms with van der Waals surface area (Å²) < 4.78 is 33.0. The number of phosphoric acid groups is 1. The number of hydrogen-bond donors (Lipinski definition) is 2. The van der Waals surface area contributed by atoms with Crippen LogP contribution in [0.25, 0.3) is 0 Å². The summed E-state index contributed by atoms with van der Waals surface area (Å²) >= 11 is 0. The third-order valence-corrected chi connectivity index (χ3v) is 10.2. The molecule has 8 nitrogen and oxygen atoms in total. The molecule has 0 aromatic heterocycles. The number of carbonyl (C=O) groups excluding carboxylic acids is 1.